The number of halogens is 1. The van der Waals surface area contributed by atoms with Gasteiger partial charge >= 0.3 is 0 Å². The smallest absolute Gasteiger partial charge is 0.298 e. The van der Waals surface area contributed by atoms with Crippen molar-refractivity contribution in [3.05, 3.63) is 23.0 Å². The van der Waals surface area contributed by atoms with E-state index < -0.39 is 0 Å². The summed E-state index contributed by atoms with van der Waals surface area (Å²) in [6.45, 7) is 2.11. The van der Waals surface area contributed by atoms with Crippen molar-refractivity contribution < 1.29 is 9.53 Å². The summed E-state index contributed by atoms with van der Waals surface area (Å²) in [6, 6.07) is 1.54. The molecule has 0 unspecified atom stereocenters. The number of hydrogen-bond acceptors (Lipinski definition) is 3. The third-order valence-electron chi connectivity index (χ3n) is 1.18. The molecule has 0 aromatic carbocycles. The third kappa shape index (κ3) is 1.91. The number of carbonyl (C=O) groups excluding carboxylic acids is 1. The highest BCUT2D eigenvalue weighted by molar-refractivity contribution is 6.31. The molecule has 0 aliphatic rings. The Morgan fingerprint density at radius 3 is 3.00 bits per heavy atom. The lowest BCUT2D eigenvalue weighted by molar-refractivity contribution is -0.120. The second-order valence-corrected chi connectivity index (χ2v) is 2.36. The van der Waals surface area contributed by atoms with Crippen molar-refractivity contribution in [2.75, 3.05) is 0 Å². The van der Waals surface area contributed by atoms with Gasteiger partial charge in [0.1, 0.15) is 5.75 Å². The Bertz CT molecular complexity index is 275. The fourth-order valence-corrected chi connectivity index (χ4v) is 0.765. The highest BCUT2D eigenvalue weighted by Gasteiger charge is 1.98. The van der Waals surface area contributed by atoms with Gasteiger partial charge in [-0.05, 0) is 6.92 Å². The molecule has 1 heterocycles. The van der Waals surface area contributed by atoms with E-state index in [-0.39, 0.29) is 0 Å². The van der Waals surface area contributed by atoms with Gasteiger partial charge in [-0.25, -0.2) is 0 Å². The standard InChI is InChI=1S/C7H6ClNO2/c1-5-7(8)2-6(3-9-5)11-4-10/h2-4H,1H3. The molecule has 0 spiro atoms. The molecule has 0 bridgehead atoms. The molecule has 0 saturated heterocycles. The van der Waals surface area contributed by atoms with E-state index in [0.29, 0.717) is 22.9 Å². The molecule has 0 fully saturated rings. The van der Waals surface area contributed by atoms with Gasteiger partial charge in [0.15, 0.2) is 0 Å². The first-order valence-corrected chi connectivity index (χ1v) is 3.34. The summed E-state index contributed by atoms with van der Waals surface area (Å²) in [6.07, 6.45) is 1.44. The summed E-state index contributed by atoms with van der Waals surface area (Å²) in [5.74, 6) is 0.357. The Hall–Kier alpha value is -1.09. The van der Waals surface area contributed by atoms with Crippen LogP contribution in [0.2, 0.25) is 5.02 Å². The van der Waals surface area contributed by atoms with Crippen LogP contribution in [0.5, 0.6) is 5.75 Å². The van der Waals surface area contributed by atoms with Crippen LogP contribution >= 0.6 is 11.6 Å². The lowest BCUT2D eigenvalue weighted by atomic mass is 10.4. The Kier molecular flexibility index (Phi) is 2.44. The van der Waals surface area contributed by atoms with Crippen LogP contribution in [0.3, 0.4) is 0 Å². The molecular formula is C7H6ClNO2. The van der Waals surface area contributed by atoms with Gasteiger partial charge < -0.3 is 4.74 Å². The number of rotatable bonds is 2. The van der Waals surface area contributed by atoms with Gasteiger partial charge in [-0.15, -0.1) is 0 Å². The Labute approximate surface area is 69.0 Å². The normalized spacial score (nSPS) is 9.27. The Morgan fingerprint density at radius 1 is 1.73 bits per heavy atom. The zero-order valence-electron chi connectivity index (χ0n) is 5.87. The van der Waals surface area contributed by atoms with Gasteiger partial charge in [0.2, 0.25) is 0 Å². The van der Waals surface area contributed by atoms with Gasteiger partial charge in [0.05, 0.1) is 16.9 Å². The summed E-state index contributed by atoms with van der Waals surface area (Å²) in [7, 11) is 0. The summed E-state index contributed by atoms with van der Waals surface area (Å²) in [4.78, 5) is 13.8. The third-order valence-corrected chi connectivity index (χ3v) is 1.57. The Morgan fingerprint density at radius 2 is 2.45 bits per heavy atom. The average Bonchev–Trinajstić information content (AvgIpc) is 1.98. The maximum atomic E-state index is 9.88. The average molecular weight is 172 g/mol. The van der Waals surface area contributed by atoms with E-state index in [1.165, 1.54) is 12.3 Å². The first-order valence-electron chi connectivity index (χ1n) is 2.96. The van der Waals surface area contributed by atoms with E-state index in [2.05, 4.69) is 9.72 Å². The molecule has 0 radical (unpaired) electrons. The molecule has 1 rings (SSSR count). The summed E-state index contributed by atoms with van der Waals surface area (Å²) in [5.41, 5.74) is 0.713. The number of pyridine rings is 1. The van der Waals surface area contributed by atoms with Gasteiger partial charge in [-0.1, -0.05) is 11.6 Å². The molecule has 0 N–H and O–H groups in total. The van der Waals surface area contributed by atoms with Crippen molar-refractivity contribution in [2.45, 2.75) is 6.92 Å². The van der Waals surface area contributed by atoms with Crippen molar-refractivity contribution in [2.24, 2.45) is 0 Å². The minimum absolute atomic E-state index is 0.336. The van der Waals surface area contributed by atoms with Gasteiger partial charge in [0.25, 0.3) is 6.47 Å². The fraction of sp³-hybridized carbons (Fsp3) is 0.143. The van der Waals surface area contributed by atoms with Crippen LogP contribution in [0.15, 0.2) is 12.3 Å². The molecule has 11 heavy (non-hydrogen) atoms. The predicted octanol–water partition coefficient (Wildman–Crippen LogP) is 1.58. The van der Waals surface area contributed by atoms with Crippen LogP contribution in [-0.4, -0.2) is 11.5 Å². The monoisotopic (exact) mass is 171 g/mol. The lowest BCUT2D eigenvalue weighted by Gasteiger charge is -1.98. The molecular weight excluding hydrogens is 166 g/mol. The van der Waals surface area contributed by atoms with Crippen molar-refractivity contribution >= 4 is 18.1 Å². The van der Waals surface area contributed by atoms with Crippen molar-refractivity contribution in [1.82, 2.24) is 4.98 Å². The molecule has 0 aliphatic heterocycles. The van der Waals surface area contributed by atoms with Crippen LogP contribution in [-0.2, 0) is 4.79 Å². The van der Waals surface area contributed by atoms with Gasteiger partial charge in [0, 0.05) is 6.07 Å². The number of ether oxygens (including phenoxy) is 1. The minimum Gasteiger partial charge on any atom is -0.427 e. The SMILES string of the molecule is Cc1ncc(OC=O)cc1Cl. The summed E-state index contributed by atoms with van der Waals surface area (Å²) >= 11 is 5.69. The van der Waals surface area contributed by atoms with Crippen LogP contribution in [0.4, 0.5) is 0 Å². The molecule has 4 heteroatoms. The molecule has 1 aromatic rings. The van der Waals surface area contributed by atoms with Crippen LogP contribution < -0.4 is 4.74 Å². The summed E-state index contributed by atoms with van der Waals surface area (Å²) < 4.78 is 4.51. The van der Waals surface area contributed by atoms with E-state index in [1.54, 1.807) is 6.92 Å². The van der Waals surface area contributed by atoms with E-state index >= 15 is 0 Å². The topological polar surface area (TPSA) is 39.2 Å². The molecule has 3 nitrogen and oxygen atoms in total. The lowest BCUT2D eigenvalue weighted by Crippen LogP contribution is -1.90. The van der Waals surface area contributed by atoms with E-state index in [9.17, 15) is 4.79 Å². The fourth-order valence-electron chi connectivity index (χ4n) is 0.609. The van der Waals surface area contributed by atoms with Crippen LogP contribution in [0, 0.1) is 6.92 Å². The number of aryl methyl sites for hydroxylation is 1. The zero-order chi connectivity index (χ0) is 8.27. The quantitative estimate of drug-likeness (QED) is 0.635. The van der Waals surface area contributed by atoms with Crippen molar-refractivity contribution in [3.63, 3.8) is 0 Å². The van der Waals surface area contributed by atoms with E-state index in [1.807, 2.05) is 0 Å². The largest absolute Gasteiger partial charge is 0.427 e. The molecule has 0 saturated carbocycles. The molecule has 0 amide bonds. The second kappa shape index (κ2) is 3.34. The van der Waals surface area contributed by atoms with Gasteiger partial charge in [-0.3, -0.25) is 9.78 Å². The summed E-state index contributed by atoms with van der Waals surface area (Å²) in [5, 5.41) is 0.490. The maximum Gasteiger partial charge on any atom is 0.298 e. The number of hydrogen-bond donors (Lipinski definition) is 0. The zero-order valence-corrected chi connectivity index (χ0v) is 6.63. The number of carbonyl (C=O) groups is 1. The maximum absolute atomic E-state index is 9.88. The van der Waals surface area contributed by atoms with Crippen molar-refractivity contribution in [3.8, 4) is 5.75 Å². The highest BCUT2D eigenvalue weighted by atomic mass is 35.5. The highest BCUT2D eigenvalue weighted by Crippen LogP contribution is 2.18. The van der Waals surface area contributed by atoms with Gasteiger partial charge in [-0.2, -0.15) is 0 Å². The van der Waals surface area contributed by atoms with E-state index in [4.69, 9.17) is 11.6 Å². The number of nitrogens with zero attached hydrogens (tertiary/aromatic N) is 1. The number of aromatic nitrogens is 1. The molecule has 58 valence electrons. The van der Waals surface area contributed by atoms with Crippen LogP contribution in [0.1, 0.15) is 5.69 Å². The van der Waals surface area contributed by atoms with Crippen LogP contribution in [0.25, 0.3) is 0 Å². The van der Waals surface area contributed by atoms with Crippen molar-refractivity contribution in [1.29, 1.82) is 0 Å². The first-order chi connectivity index (χ1) is 5.24. The minimum atomic E-state index is 0.336. The predicted molar refractivity (Wildman–Crippen MR) is 40.7 cm³/mol. The first kappa shape index (κ1) is 8.01. The molecule has 0 atom stereocenters. The second-order valence-electron chi connectivity index (χ2n) is 1.95. The Balaban J connectivity index is 2.95. The van der Waals surface area contributed by atoms with E-state index in [0.717, 1.165) is 0 Å². The molecule has 0 aliphatic carbocycles. The molecule has 1 aromatic heterocycles.